The zero-order valence-electron chi connectivity index (χ0n) is 19.5. The van der Waals surface area contributed by atoms with Gasteiger partial charge in [0.2, 0.25) is 0 Å². The predicted octanol–water partition coefficient (Wildman–Crippen LogP) is 8.43. The van der Waals surface area contributed by atoms with E-state index in [-0.39, 0.29) is 0 Å². The fraction of sp³-hybridized carbons (Fsp3) is 0. The first-order chi connectivity index (χ1) is 17.8. The van der Waals surface area contributed by atoms with Crippen molar-refractivity contribution in [2.24, 2.45) is 0 Å². The molecule has 8 rings (SSSR count). The van der Waals surface area contributed by atoms with E-state index in [9.17, 15) is 0 Å². The summed E-state index contributed by atoms with van der Waals surface area (Å²) < 4.78 is 4.61. The predicted molar refractivity (Wildman–Crippen MR) is 150 cm³/mol. The quantitative estimate of drug-likeness (QED) is 0.254. The van der Waals surface area contributed by atoms with Crippen molar-refractivity contribution in [1.82, 2.24) is 14.1 Å². The minimum Gasteiger partial charge on any atom is -0.317 e. The largest absolute Gasteiger partial charge is 0.317 e. The van der Waals surface area contributed by atoms with Crippen LogP contribution in [0.4, 0.5) is 0 Å². The lowest BCUT2D eigenvalue weighted by Gasteiger charge is -2.11. The Balaban J connectivity index is 1.52. The maximum atomic E-state index is 5.10. The SMILES string of the molecule is c1ccc(-n2ccc3cc4ccc5c6ccccc6n(-c6ccc7ccccc7n6)c5c4cc32)cc1. The highest BCUT2D eigenvalue weighted by atomic mass is 15.1. The third-order valence-electron chi connectivity index (χ3n) is 7.31. The van der Waals surface area contributed by atoms with E-state index >= 15 is 0 Å². The van der Waals surface area contributed by atoms with Gasteiger partial charge in [-0.3, -0.25) is 4.57 Å². The molecule has 0 bridgehead atoms. The van der Waals surface area contributed by atoms with Gasteiger partial charge in [0, 0.05) is 38.8 Å². The van der Waals surface area contributed by atoms with Gasteiger partial charge in [-0.1, -0.05) is 66.7 Å². The molecule has 0 aliphatic heterocycles. The summed E-state index contributed by atoms with van der Waals surface area (Å²) in [5.74, 6) is 0.936. The minimum absolute atomic E-state index is 0.936. The lowest BCUT2D eigenvalue weighted by molar-refractivity contribution is 1.11. The van der Waals surface area contributed by atoms with Crippen molar-refractivity contribution in [1.29, 1.82) is 0 Å². The number of fused-ring (bicyclic) bond motifs is 7. The Bertz CT molecular complexity index is 2100. The molecule has 168 valence electrons. The van der Waals surface area contributed by atoms with Crippen LogP contribution >= 0.6 is 0 Å². The number of nitrogens with zero attached hydrogens (tertiary/aromatic N) is 3. The fourth-order valence-corrected chi connectivity index (χ4v) is 5.65. The van der Waals surface area contributed by atoms with Gasteiger partial charge in [0.25, 0.3) is 0 Å². The molecule has 0 amide bonds. The summed E-state index contributed by atoms with van der Waals surface area (Å²) in [6.07, 6.45) is 2.16. The van der Waals surface area contributed by atoms with Crippen molar-refractivity contribution < 1.29 is 0 Å². The molecule has 5 aromatic carbocycles. The van der Waals surface area contributed by atoms with Crippen LogP contribution in [0.1, 0.15) is 0 Å². The number of aromatic nitrogens is 3. The average molecular weight is 460 g/mol. The maximum Gasteiger partial charge on any atom is 0.138 e. The standard InChI is InChI=1S/C33H21N3/c1-2-9-25(10-3-1)35-19-18-24-20-23-14-16-27-26-11-5-7-13-30(26)36(33(27)28(23)21-31(24)35)32-17-15-22-8-4-6-12-29(22)34-32/h1-21H. The van der Waals surface area contributed by atoms with E-state index in [0.717, 1.165) is 22.4 Å². The summed E-state index contributed by atoms with van der Waals surface area (Å²) in [5.41, 5.74) is 5.72. The molecule has 3 nitrogen and oxygen atoms in total. The highest BCUT2D eigenvalue weighted by Gasteiger charge is 2.17. The zero-order valence-corrected chi connectivity index (χ0v) is 19.5. The van der Waals surface area contributed by atoms with Gasteiger partial charge < -0.3 is 4.57 Å². The second-order valence-corrected chi connectivity index (χ2v) is 9.33. The lowest BCUT2D eigenvalue weighted by Crippen LogP contribution is -1.98. The van der Waals surface area contributed by atoms with E-state index in [0.29, 0.717) is 0 Å². The Morgan fingerprint density at radius 1 is 0.500 bits per heavy atom. The first-order valence-electron chi connectivity index (χ1n) is 12.2. The Morgan fingerprint density at radius 3 is 2.25 bits per heavy atom. The smallest absolute Gasteiger partial charge is 0.138 e. The molecule has 3 heteroatoms. The molecule has 0 radical (unpaired) electrons. The van der Waals surface area contributed by atoms with E-state index in [1.165, 1.54) is 43.5 Å². The van der Waals surface area contributed by atoms with Crippen LogP contribution in [0.2, 0.25) is 0 Å². The van der Waals surface area contributed by atoms with E-state index in [1.54, 1.807) is 0 Å². The van der Waals surface area contributed by atoms with E-state index in [4.69, 9.17) is 4.98 Å². The van der Waals surface area contributed by atoms with Gasteiger partial charge in [-0.15, -0.1) is 0 Å². The monoisotopic (exact) mass is 459 g/mol. The summed E-state index contributed by atoms with van der Waals surface area (Å²) >= 11 is 0. The average Bonchev–Trinajstić information content (AvgIpc) is 3.51. The molecular weight excluding hydrogens is 438 g/mol. The summed E-state index contributed by atoms with van der Waals surface area (Å²) in [6, 6.07) is 43.2. The van der Waals surface area contributed by atoms with Crippen molar-refractivity contribution in [3.63, 3.8) is 0 Å². The summed E-state index contributed by atoms with van der Waals surface area (Å²) in [5, 5.41) is 7.31. The van der Waals surface area contributed by atoms with Gasteiger partial charge in [-0.05, 0) is 60.0 Å². The fourth-order valence-electron chi connectivity index (χ4n) is 5.65. The number of para-hydroxylation sites is 3. The van der Waals surface area contributed by atoms with Crippen molar-refractivity contribution in [3.05, 3.63) is 128 Å². The van der Waals surface area contributed by atoms with E-state index in [1.807, 2.05) is 0 Å². The van der Waals surface area contributed by atoms with Gasteiger partial charge in [-0.2, -0.15) is 0 Å². The molecule has 0 atom stereocenters. The molecule has 0 spiro atoms. The Hall–Kier alpha value is -4.89. The molecule has 3 aromatic heterocycles. The van der Waals surface area contributed by atoms with Crippen LogP contribution < -0.4 is 0 Å². The van der Waals surface area contributed by atoms with Gasteiger partial charge in [0.15, 0.2) is 0 Å². The van der Waals surface area contributed by atoms with Crippen molar-refractivity contribution in [3.8, 4) is 11.5 Å². The number of pyridine rings is 1. The van der Waals surface area contributed by atoms with Gasteiger partial charge >= 0.3 is 0 Å². The molecule has 0 saturated heterocycles. The van der Waals surface area contributed by atoms with Crippen LogP contribution in [-0.4, -0.2) is 14.1 Å². The van der Waals surface area contributed by atoms with Gasteiger partial charge in [0.1, 0.15) is 5.82 Å². The van der Waals surface area contributed by atoms with Crippen LogP contribution in [0.5, 0.6) is 0 Å². The number of hydrogen-bond acceptors (Lipinski definition) is 1. The zero-order chi connectivity index (χ0) is 23.6. The molecule has 0 fully saturated rings. The second-order valence-electron chi connectivity index (χ2n) is 9.33. The first-order valence-corrected chi connectivity index (χ1v) is 12.2. The van der Waals surface area contributed by atoms with Crippen LogP contribution in [0.15, 0.2) is 128 Å². The van der Waals surface area contributed by atoms with E-state index < -0.39 is 0 Å². The molecule has 36 heavy (non-hydrogen) atoms. The number of benzene rings is 5. The van der Waals surface area contributed by atoms with Crippen LogP contribution in [0, 0.1) is 0 Å². The van der Waals surface area contributed by atoms with Crippen molar-refractivity contribution in [2.75, 3.05) is 0 Å². The number of hydrogen-bond donors (Lipinski definition) is 0. The first kappa shape index (κ1) is 19.4. The minimum atomic E-state index is 0.936. The molecule has 3 heterocycles. The third-order valence-corrected chi connectivity index (χ3v) is 7.31. The highest BCUT2D eigenvalue weighted by molar-refractivity contribution is 6.20. The van der Waals surface area contributed by atoms with Crippen LogP contribution in [-0.2, 0) is 0 Å². The molecular formula is C33H21N3. The Morgan fingerprint density at radius 2 is 1.31 bits per heavy atom. The molecule has 0 N–H and O–H groups in total. The number of rotatable bonds is 2. The van der Waals surface area contributed by atoms with E-state index in [2.05, 4.69) is 137 Å². The highest BCUT2D eigenvalue weighted by Crippen LogP contribution is 2.38. The van der Waals surface area contributed by atoms with Gasteiger partial charge in [0.05, 0.1) is 22.1 Å². The molecule has 8 aromatic rings. The van der Waals surface area contributed by atoms with Gasteiger partial charge in [-0.25, -0.2) is 4.98 Å². The molecule has 0 unspecified atom stereocenters. The molecule has 0 aliphatic carbocycles. The molecule has 0 saturated carbocycles. The van der Waals surface area contributed by atoms with Crippen molar-refractivity contribution in [2.45, 2.75) is 0 Å². The third kappa shape index (κ3) is 2.71. The maximum absolute atomic E-state index is 5.10. The molecule has 0 aliphatic rings. The van der Waals surface area contributed by atoms with Crippen LogP contribution in [0.25, 0.3) is 65.9 Å². The normalized spacial score (nSPS) is 11.9. The Kier molecular flexibility index (Phi) is 3.94. The van der Waals surface area contributed by atoms with Crippen molar-refractivity contribution >= 4 is 54.4 Å². The Labute approximate surface area is 207 Å². The summed E-state index contributed by atoms with van der Waals surface area (Å²) in [7, 11) is 0. The lowest BCUT2D eigenvalue weighted by atomic mass is 10.0. The topological polar surface area (TPSA) is 22.8 Å². The summed E-state index contributed by atoms with van der Waals surface area (Å²) in [4.78, 5) is 5.10. The summed E-state index contributed by atoms with van der Waals surface area (Å²) in [6.45, 7) is 0. The van der Waals surface area contributed by atoms with Crippen LogP contribution in [0.3, 0.4) is 0 Å². The second kappa shape index (κ2) is 7.30.